The van der Waals surface area contributed by atoms with Crippen LogP contribution in [-0.2, 0) is 12.8 Å². The zero-order valence-corrected chi connectivity index (χ0v) is 16.8. The molecular formula is C20H17FN4OS2. The first-order chi connectivity index (χ1) is 13.6. The molecule has 28 heavy (non-hydrogen) atoms. The Morgan fingerprint density at radius 2 is 2.21 bits per heavy atom. The molecule has 0 spiro atoms. The van der Waals surface area contributed by atoms with Crippen molar-refractivity contribution in [2.24, 2.45) is 5.92 Å². The van der Waals surface area contributed by atoms with Crippen molar-refractivity contribution in [2.75, 3.05) is 5.75 Å². The second-order valence-corrected chi connectivity index (χ2v) is 9.17. The van der Waals surface area contributed by atoms with Crippen molar-refractivity contribution in [1.82, 2.24) is 19.6 Å². The number of fused-ring (bicyclic) bond motifs is 5. The number of hydrogen-bond donors (Lipinski definition) is 0. The summed E-state index contributed by atoms with van der Waals surface area (Å²) in [5, 5.41) is 10.3. The van der Waals surface area contributed by atoms with E-state index >= 15 is 0 Å². The average Bonchev–Trinajstić information content (AvgIpc) is 3.26. The van der Waals surface area contributed by atoms with Crippen molar-refractivity contribution in [3.63, 3.8) is 0 Å². The molecule has 5 rings (SSSR count). The van der Waals surface area contributed by atoms with Crippen LogP contribution in [0.3, 0.4) is 0 Å². The van der Waals surface area contributed by atoms with Gasteiger partial charge in [-0.2, -0.15) is 0 Å². The Morgan fingerprint density at radius 3 is 3.07 bits per heavy atom. The fraction of sp³-hybridized carbons (Fsp3) is 0.300. The molecule has 0 amide bonds. The first-order valence-corrected chi connectivity index (χ1v) is 11.0. The molecule has 0 saturated heterocycles. The average molecular weight is 413 g/mol. The molecule has 4 aromatic rings. The topological polar surface area (TPSA) is 60.2 Å². The second-order valence-electron chi connectivity index (χ2n) is 7.14. The zero-order valence-electron chi connectivity index (χ0n) is 15.2. The summed E-state index contributed by atoms with van der Waals surface area (Å²) in [5.41, 5.74) is 2.24. The lowest BCUT2D eigenvalue weighted by atomic mass is 9.89. The van der Waals surface area contributed by atoms with Crippen LogP contribution >= 0.6 is 23.1 Å². The van der Waals surface area contributed by atoms with Gasteiger partial charge in [-0.1, -0.05) is 30.8 Å². The zero-order chi connectivity index (χ0) is 19.3. The summed E-state index contributed by atoms with van der Waals surface area (Å²) >= 11 is 3.00. The van der Waals surface area contributed by atoms with Crippen LogP contribution in [0.15, 0.2) is 35.7 Å². The van der Waals surface area contributed by atoms with E-state index in [4.69, 9.17) is 0 Å². The molecule has 1 aliphatic rings. The number of thioether (sulfide) groups is 1. The van der Waals surface area contributed by atoms with Crippen molar-refractivity contribution >= 4 is 44.7 Å². The molecule has 0 unspecified atom stereocenters. The van der Waals surface area contributed by atoms with E-state index in [2.05, 4.69) is 22.1 Å². The van der Waals surface area contributed by atoms with Crippen LogP contribution in [-0.4, -0.2) is 31.1 Å². The number of thiophene rings is 1. The van der Waals surface area contributed by atoms with E-state index in [1.165, 1.54) is 40.8 Å². The number of carbonyl (C=O) groups excluding carboxylic acids is 1. The molecule has 1 aliphatic carbocycles. The lowest BCUT2D eigenvalue weighted by Gasteiger charge is -2.17. The molecule has 0 fully saturated rings. The van der Waals surface area contributed by atoms with E-state index in [0.717, 1.165) is 28.7 Å². The molecule has 8 heteroatoms. The Morgan fingerprint density at radius 1 is 1.36 bits per heavy atom. The van der Waals surface area contributed by atoms with Crippen LogP contribution in [0.4, 0.5) is 4.39 Å². The quantitative estimate of drug-likeness (QED) is 0.363. The summed E-state index contributed by atoms with van der Waals surface area (Å²) < 4.78 is 15.7. The third kappa shape index (κ3) is 2.91. The van der Waals surface area contributed by atoms with Crippen LogP contribution in [0.1, 0.15) is 34.1 Å². The number of aromatic nitrogens is 4. The molecule has 0 N–H and O–H groups in total. The molecule has 0 aliphatic heterocycles. The third-order valence-corrected chi connectivity index (χ3v) is 7.28. The van der Waals surface area contributed by atoms with Gasteiger partial charge in [0.15, 0.2) is 16.6 Å². The van der Waals surface area contributed by atoms with Gasteiger partial charge in [-0.15, -0.1) is 21.5 Å². The summed E-state index contributed by atoms with van der Waals surface area (Å²) in [6.45, 7) is 2.29. The number of ketones is 1. The first kappa shape index (κ1) is 17.8. The molecule has 1 atom stereocenters. The smallest absolute Gasteiger partial charge is 0.197 e. The highest BCUT2D eigenvalue weighted by atomic mass is 32.2. The van der Waals surface area contributed by atoms with Gasteiger partial charge in [0.1, 0.15) is 17.0 Å². The maximum absolute atomic E-state index is 13.8. The van der Waals surface area contributed by atoms with E-state index in [1.807, 2.05) is 4.40 Å². The first-order valence-electron chi connectivity index (χ1n) is 9.16. The molecule has 3 heterocycles. The van der Waals surface area contributed by atoms with E-state index in [1.54, 1.807) is 29.8 Å². The van der Waals surface area contributed by atoms with Gasteiger partial charge in [0.2, 0.25) is 0 Å². The lowest BCUT2D eigenvalue weighted by molar-refractivity contribution is 0.101. The molecule has 142 valence electrons. The van der Waals surface area contributed by atoms with Gasteiger partial charge in [-0.3, -0.25) is 9.20 Å². The van der Waals surface area contributed by atoms with Crippen LogP contribution in [0.25, 0.3) is 15.9 Å². The van der Waals surface area contributed by atoms with Crippen molar-refractivity contribution < 1.29 is 9.18 Å². The molecule has 0 radical (unpaired) electrons. The van der Waals surface area contributed by atoms with E-state index in [-0.39, 0.29) is 17.1 Å². The van der Waals surface area contributed by atoms with Gasteiger partial charge in [0, 0.05) is 4.88 Å². The summed E-state index contributed by atoms with van der Waals surface area (Å²) in [4.78, 5) is 19.4. The number of benzene rings is 1. The number of hydrogen-bond acceptors (Lipinski definition) is 6. The summed E-state index contributed by atoms with van der Waals surface area (Å²) in [6, 6.07) is 6.04. The van der Waals surface area contributed by atoms with Gasteiger partial charge in [0.05, 0.1) is 16.7 Å². The van der Waals surface area contributed by atoms with Gasteiger partial charge in [-0.25, -0.2) is 9.37 Å². The molecular weight excluding hydrogens is 395 g/mol. The highest BCUT2D eigenvalue weighted by molar-refractivity contribution is 7.99. The maximum Gasteiger partial charge on any atom is 0.197 e. The third-order valence-electron chi connectivity index (χ3n) is 5.18. The van der Waals surface area contributed by atoms with Gasteiger partial charge >= 0.3 is 0 Å². The number of carbonyl (C=O) groups is 1. The number of Topliss-reactive ketones (excluding diaryl/α,β-unsaturated/α-hetero) is 1. The number of aryl methyl sites for hydroxylation is 1. The number of nitrogens with zero attached hydrogens (tertiary/aromatic N) is 4. The molecule has 3 aromatic heterocycles. The Bertz CT molecular complexity index is 1220. The maximum atomic E-state index is 13.8. The molecule has 5 nitrogen and oxygen atoms in total. The normalized spacial score (nSPS) is 16.6. The second kappa shape index (κ2) is 6.93. The minimum atomic E-state index is -0.498. The summed E-state index contributed by atoms with van der Waals surface area (Å²) in [7, 11) is 0. The minimum absolute atomic E-state index is 0.0963. The van der Waals surface area contributed by atoms with Crippen molar-refractivity contribution in [1.29, 1.82) is 0 Å². The van der Waals surface area contributed by atoms with Crippen molar-refractivity contribution in [3.05, 3.63) is 52.4 Å². The van der Waals surface area contributed by atoms with Gasteiger partial charge in [-0.05, 0) is 42.9 Å². The molecule has 1 aromatic carbocycles. The van der Waals surface area contributed by atoms with Crippen LogP contribution < -0.4 is 0 Å². The monoisotopic (exact) mass is 412 g/mol. The fourth-order valence-corrected chi connectivity index (χ4v) is 5.85. The Labute approximate surface area is 169 Å². The minimum Gasteiger partial charge on any atom is -0.293 e. The molecule has 0 bridgehead atoms. The Kier molecular flexibility index (Phi) is 4.40. The number of halogens is 1. The predicted octanol–water partition coefficient (Wildman–Crippen LogP) is 4.58. The predicted molar refractivity (Wildman–Crippen MR) is 109 cm³/mol. The SMILES string of the molecule is C[C@H]1CCc2c(sc3ncn4c(SCC(=O)c5ccccc5F)nnc4c23)C1. The van der Waals surface area contributed by atoms with Crippen LogP contribution in [0, 0.1) is 11.7 Å². The van der Waals surface area contributed by atoms with Crippen LogP contribution in [0.5, 0.6) is 0 Å². The van der Waals surface area contributed by atoms with Gasteiger partial charge in [0.25, 0.3) is 0 Å². The van der Waals surface area contributed by atoms with Gasteiger partial charge < -0.3 is 0 Å². The largest absolute Gasteiger partial charge is 0.293 e. The van der Waals surface area contributed by atoms with Crippen molar-refractivity contribution in [2.45, 2.75) is 31.3 Å². The van der Waals surface area contributed by atoms with E-state index in [9.17, 15) is 9.18 Å². The fourth-order valence-electron chi connectivity index (χ4n) is 3.71. The number of rotatable bonds is 4. The Balaban J connectivity index is 1.47. The summed E-state index contributed by atoms with van der Waals surface area (Å²) in [5.74, 6) is 0.0291. The molecule has 0 saturated carbocycles. The summed E-state index contributed by atoms with van der Waals surface area (Å²) in [6.07, 6.45) is 5.03. The Hall–Kier alpha value is -2.32. The highest BCUT2D eigenvalue weighted by Crippen LogP contribution is 2.39. The van der Waals surface area contributed by atoms with Crippen LogP contribution in [0.2, 0.25) is 0 Å². The van der Waals surface area contributed by atoms with E-state index < -0.39 is 5.82 Å². The lowest BCUT2D eigenvalue weighted by Crippen LogP contribution is -2.08. The van der Waals surface area contributed by atoms with E-state index in [0.29, 0.717) is 11.1 Å². The van der Waals surface area contributed by atoms with Crippen molar-refractivity contribution in [3.8, 4) is 0 Å². The standard InChI is InChI=1S/C20H17FN4OS2/c1-11-6-7-13-16(8-11)28-19-17(13)18-23-24-20(25(18)10-22-19)27-9-15(26)12-4-2-3-5-14(12)21/h2-5,10-11H,6-9H2,1H3/t11-/m0/s1. The highest BCUT2D eigenvalue weighted by Gasteiger charge is 2.24.